The van der Waals surface area contributed by atoms with Gasteiger partial charge in [0.1, 0.15) is 0 Å². The number of hydrogen-bond donors (Lipinski definition) is 4. The van der Waals surface area contributed by atoms with E-state index >= 15 is 0 Å². The van der Waals surface area contributed by atoms with Crippen molar-refractivity contribution in [2.24, 2.45) is 22.2 Å². The van der Waals surface area contributed by atoms with E-state index in [1.807, 2.05) is 0 Å². The fraction of sp³-hybridized carbons (Fsp3) is 0.875. The number of carboxylic acids is 1. The van der Waals surface area contributed by atoms with E-state index in [0.29, 0.717) is 12.8 Å². The lowest BCUT2D eigenvalue weighted by atomic mass is 9.87. The number of aliphatic imine (C=N–C) groups is 1. The minimum Gasteiger partial charge on any atom is -0.480 e. The second-order valence-corrected chi connectivity index (χ2v) is 8.81. The summed E-state index contributed by atoms with van der Waals surface area (Å²) >= 11 is 0. The van der Waals surface area contributed by atoms with Crippen molar-refractivity contribution in [3.05, 3.63) is 0 Å². The Balaban J connectivity index is 3.72. The lowest BCUT2D eigenvalue weighted by molar-refractivity contribution is -0.148. The van der Waals surface area contributed by atoms with Gasteiger partial charge in [0.25, 0.3) is 0 Å². The molecule has 182 valence electrons. The molecule has 0 fully saturated rings. The predicted octanol–water partition coefficient (Wildman–Crippen LogP) is 4.65. The molecule has 0 radical (unpaired) electrons. The van der Waals surface area contributed by atoms with Crippen LogP contribution >= 0.6 is 0 Å². The fourth-order valence-electron chi connectivity index (χ4n) is 3.81. The molecule has 0 aliphatic carbocycles. The Kier molecular flexibility index (Phi) is 18.1. The molecule has 0 saturated carbocycles. The first-order valence-corrected chi connectivity index (χ1v) is 12.5. The maximum Gasteiger partial charge on any atom is 0.331 e. The van der Waals surface area contributed by atoms with E-state index in [1.165, 1.54) is 77.0 Å². The third kappa shape index (κ3) is 15.8. The summed E-state index contributed by atoms with van der Waals surface area (Å²) in [6.07, 6.45) is 19.3. The molecule has 31 heavy (non-hydrogen) atoms. The quantitative estimate of drug-likeness (QED) is 0.0834. The number of Topliss-reactive ketones (excluding diaryl/α,β-unsaturated/α-hetero) is 1. The molecule has 0 bridgehead atoms. The number of rotatable bonds is 22. The van der Waals surface area contributed by atoms with Crippen LogP contribution in [-0.2, 0) is 9.59 Å². The maximum atomic E-state index is 12.4. The normalized spacial score (nSPS) is 13.0. The monoisotopic (exact) mass is 440 g/mol. The molecule has 0 aromatic carbocycles. The number of nitrogens with zero attached hydrogens (tertiary/aromatic N) is 1. The van der Waals surface area contributed by atoms with Gasteiger partial charge in [-0.1, -0.05) is 96.8 Å². The standard InChI is InChI=1S/C24H48N4O3/c1-2-3-4-5-6-7-8-9-10-11-12-13-14-15-16-18-21(29)24(27,22(30)31)19-17-20-28-23(25)26/h2-20,27H2,1H3,(H,30,31)(H4,25,26,28)/t24-/m1/s1. The Hall–Kier alpha value is -1.63. The summed E-state index contributed by atoms with van der Waals surface area (Å²) in [5.41, 5.74) is 14.6. The van der Waals surface area contributed by atoms with E-state index in [9.17, 15) is 14.7 Å². The summed E-state index contributed by atoms with van der Waals surface area (Å²) in [5, 5.41) is 9.41. The highest BCUT2D eigenvalue weighted by molar-refractivity contribution is 6.07. The highest BCUT2D eigenvalue weighted by atomic mass is 16.4. The molecule has 7 heteroatoms. The summed E-state index contributed by atoms with van der Waals surface area (Å²) in [6, 6.07) is 0. The molecular formula is C24H48N4O3. The molecule has 0 aromatic rings. The molecule has 0 heterocycles. The van der Waals surface area contributed by atoms with Gasteiger partial charge < -0.3 is 22.3 Å². The van der Waals surface area contributed by atoms with Crippen molar-refractivity contribution in [3.8, 4) is 0 Å². The Morgan fingerprint density at radius 3 is 1.55 bits per heavy atom. The summed E-state index contributed by atoms with van der Waals surface area (Å²) in [4.78, 5) is 27.7. The van der Waals surface area contributed by atoms with Crippen LogP contribution in [0.1, 0.15) is 122 Å². The van der Waals surface area contributed by atoms with Crippen LogP contribution in [0.5, 0.6) is 0 Å². The van der Waals surface area contributed by atoms with Crippen molar-refractivity contribution in [3.63, 3.8) is 0 Å². The SMILES string of the molecule is CCCCCCCCCCCCCCCCCC(=O)[C@](N)(CCCN=C(N)N)C(=O)O. The first kappa shape index (κ1) is 29.4. The Bertz CT molecular complexity index is 507. The number of carbonyl (C=O) groups is 2. The van der Waals surface area contributed by atoms with E-state index in [2.05, 4.69) is 11.9 Å². The second kappa shape index (κ2) is 19.1. The van der Waals surface area contributed by atoms with Crippen LogP contribution in [0.25, 0.3) is 0 Å². The average molecular weight is 441 g/mol. The van der Waals surface area contributed by atoms with Gasteiger partial charge in [0.15, 0.2) is 17.3 Å². The lowest BCUT2D eigenvalue weighted by Gasteiger charge is -2.23. The summed E-state index contributed by atoms with van der Waals surface area (Å²) in [5.74, 6) is -1.73. The highest BCUT2D eigenvalue weighted by Crippen LogP contribution is 2.18. The van der Waals surface area contributed by atoms with Crippen LogP contribution in [0.2, 0.25) is 0 Å². The minimum absolute atomic E-state index is 0.0384. The lowest BCUT2D eigenvalue weighted by Crippen LogP contribution is -2.55. The zero-order valence-electron chi connectivity index (χ0n) is 19.9. The molecule has 0 spiro atoms. The molecule has 0 saturated heterocycles. The maximum absolute atomic E-state index is 12.4. The zero-order chi connectivity index (χ0) is 23.4. The van der Waals surface area contributed by atoms with Gasteiger partial charge in [0.2, 0.25) is 0 Å². The Labute approximate surface area is 189 Å². The van der Waals surface area contributed by atoms with Crippen LogP contribution in [0.4, 0.5) is 0 Å². The van der Waals surface area contributed by atoms with Crippen LogP contribution in [-0.4, -0.2) is 34.9 Å². The number of unbranched alkanes of at least 4 members (excludes halogenated alkanes) is 14. The summed E-state index contributed by atoms with van der Waals surface area (Å²) in [6.45, 7) is 2.52. The molecule has 0 aliphatic heterocycles. The van der Waals surface area contributed by atoms with E-state index in [-0.39, 0.29) is 25.3 Å². The first-order chi connectivity index (χ1) is 14.8. The molecular weight excluding hydrogens is 392 g/mol. The van der Waals surface area contributed by atoms with Gasteiger partial charge in [-0.25, -0.2) is 4.79 Å². The fourth-order valence-corrected chi connectivity index (χ4v) is 3.81. The molecule has 7 nitrogen and oxygen atoms in total. The van der Waals surface area contributed by atoms with Gasteiger partial charge in [-0.3, -0.25) is 9.79 Å². The van der Waals surface area contributed by atoms with E-state index in [0.717, 1.165) is 12.8 Å². The van der Waals surface area contributed by atoms with Crippen molar-refractivity contribution in [2.75, 3.05) is 6.54 Å². The number of ketones is 1. The molecule has 0 unspecified atom stereocenters. The average Bonchev–Trinajstić information content (AvgIpc) is 2.73. The van der Waals surface area contributed by atoms with Gasteiger partial charge in [-0.15, -0.1) is 0 Å². The van der Waals surface area contributed by atoms with Crippen molar-refractivity contribution < 1.29 is 14.7 Å². The zero-order valence-corrected chi connectivity index (χ0v) is 19.9. The van der Waals surface area contributed by atoms with Gasteiger partial charge >= 0.3 is 5.97 Å². The van der Waals surface area contributed by atoms with Gasteiger partial charge in [0.05, 0.1) is 0 Å². The molecule has 1 atom stereocenters. The van der Waals surface area contributed by atoms with Crippen LogP contribution in [0, 0.1) is 0 Å². The van der Waals surface area contributed by atoms with Crippen molar-refractivity contribution in [1.82, 2.24) is 0 Å². The Morgan fingerprint density at radius 2 is 1.16 bits per heavy atom. The molecule has 7 N–H and O–H groups in total. The van der Waals surface area contributed by atoms with Gasteiger partial charge in [0, 0.05) is 13.0 Å². The van der Waals surface area contributed by atoms with Crippen LogP contribution in [0.3, 0.4) is 0 Å². The van der Waals surface area contributed by atoms with Crippen LogP contribution < -0.4 is 17.2 Å². The molecule has 0 amide bonds. The van der Waals surface area contributed by atoms with E-state index in [1.54, 1.807) is 0 Å². The highest BCUT2D eigenvalue weighted by Gasteiger charge is 2.40. The van der Waals surface area contributed by atoms with Crippen molar-refractivity contribution >= 4 is 17.7 Å². The number of hydrogen-bond acceptors (Lipinski definition) is 4. The van der Waals surface area contributed by atoms with E-state index < -0.39 is 17.3 Å². The smallest absolute Gasteiger partial charge is 0.331 e. The number of nitrogens with two attached hydrogens (primary N) is 3. The number of carbonyl (C=O) groups excluding carboxylic acids is 1. The first-order valence-electron chi connectivity index (χ1n) is 12.5. The molecule has 0 aromatic heterocycles. The third-order valence-corrected chi connectivity index (χ3v) is 5.91. The van der Waals surface area contributed by atoms with Gasteiger partial charge in [-0.2, -0.15) is 0 Å². The van der Waals surface area contributed by atoms with Crippen molar-refractivity contribution in [1.29, 1.82) is 0 Å². The number of aliphatic carboxylic acids is 1. The molecule has 0 rings (SSSR count). The van der Waals surface area contributed by atoms with Gasteiger partial charge in [-0.05, 0) is 19.3 Å². The topological polar surface area (TPSA) is 145 Å². The van der Waals surface area contributed by atoms with Crippen molar-refractivity contribution in [2.45, 2.75) is 128 Å². The summed E-state index contributed by atoms with van der Waals surface area (Å²) in [7, 11) is 0. The number of carboxylic acid groups (broad SMARTS) is 1. The van der Waals surface area contributed by atoms with Crippen LogP contribution in [0.15, 0.2) is 4.99 Å². The molecule has 0 aliphatic rings. The largest absolute Gasteiger partial charge is 0.480 e. The predicted molar refractivity (Wildman–Crippen MR) is 129 cm³/mol. The summed E-state index contributed by atoms with van der Waals surface area (Å²) < 4.78 is 0. The van der Waals surface area contributed by atoms with E-state index in [4.69, 9.17) is 17.2 Å². The second-order valence-electron chi connectivity index (χ2n) is 8.81. The minimum atomic E-state index is -1.84. The number of guanidine groups is 1. The third-order valence-electron chi connectivity index (χ3n) is 5.91. The Morgan fingerprint density at radius 1 is 0.742 bits per heavy atom.